The van der Waals surface area contributed by atoms with E-state index in [1.165, 1.54) is 6.07 Å². The lowest BCUT2D eigenvalue weighted by atomic mass is 9.88. The largest absolute Gasteiger partial charge is 0.351 e. The molecule has 1 saturated carbocycles. The summed E-state index contributed by atoms with van der Waals surface area (Å²) in [5.74, 6) is -1.40. The summed E-state index contributed by atoms with van der Waals surface area (Å²) in [5, 5.41) is 9.01. The van der Waals surface area contributed by atoms with E-state index in [-0.39, 0.29) is 29.3 Å². The maximum absolute atomic E-state index is 14.6. The minimum Gasteiger partial charge on any atom is -0.351 e. The molecule has 1 fully saturated rings. The zero-order chi connectivity index (χ0) is 27.0. The quantitative estimate of drug-likeness (QED) is 0.349. The van der Waals surface area contributed by atoms with Gasteiger partial charge in [0.25, 0.3) is 0 Å². The molecule has 0 heterocycles. The van der Waals surface area contributed by atoms with Gasteiger partial charge < -0.3 is 16.0 Å². The average Bonchev–Trinajstić information content (AvgIpc) is 2.75. The van der Waals surface area contributed by atoms with Gasteiger partial charge in [-0.2, -0.15) is 0 Å². The van der Waals surface area contributed by atoms with Gasteiger partial charge >= 0.3 is 0 Å². The number of rotatable bonds is 9. The number of nitrogens with one attached hydrogen (secondary N) is 3. The fraction of sp³-hybridized carbons (Fsp3) is 0.444. The first-order valence-electron chi connectivity index (χ1n) is 11.8. The highest BCUT2D eigenvalue weighted by atomic mass is 35.5. The number of halogens is 3. The zero-order valence-corrected chi connectivity index (χ0v) is 22.8. The Morgan fingerprint density at radius 2 is 1.81 bits per heavy atom. The fourth-order valence-corrected chi connectivity index (χ4v) is 3.91. The van der Waals surface area contributed by atoms with Crippen molar-refractivity contribution < 1.29 is 18.8 Å². The number of carbonyl (C=O) groups is 3. The van der Waals surface area contributed by atoms with E-state index in [4.69, 9.17) is 23.2 Å². The Bertz CT molecular complexity index is 1070. The van der Waals surface area contributed by atoms with Gasteiger partial charge in [0.05, 0.1) is 11.1 Å². The van der Waals surface area contributed by atoms with Crippen molar-refractivity contribution in [2.45, 2.75) is 72.0 Å². The highest BCUT2D eigenvalue weighted by Crippen LogP contribution is 2.28. The van der Waals surface area contributed by atoms with Crippen LogP contribution in [0.3, 0.4) is 0 Å². The van der Waals surface area contributed by atoms with Crippen molar-refractivity contribution >= 4 is 47.0 Å². The number of carbonyl (C=O) groups excluding carboxylic acids is 3. The first kappa shape index (κ1) is 29.7. The van der Waals surface area contributed by atoms with Gasteiger partial charge in [-0.3, -0.25) is 14.4 Å². The molecule has 0 spiro atoms. The number of anilines is 1. The van der Waals surface area contributed by atoms with E-state index >= 15 is 0 Å². The topological polar surface area (TPSA) is 87.3 Å². The van der Waals surface area contributed by atoms with Crippen LogP contribution in [0.5, 0.6) is 0 Å². The van der Waals surface area contributed by atoms with Crippen LogP contribution in [0.25, 0.3) is 0 Å². The number of Topliss-reactive ketones (excluding diaryl/α,β-unsaturated/α-hetero) is 1. The third-order valence-corrected chi connectivity index (χ3v) is 5.87. The smallest absolute Gasteiger partial charge is 0.238 e. The van der Waals surface area contributed by atoms with E-state index in [0.717, 1.165) is 0 Å². The molecule has 2 amide bonds. The Balaban J connectivity index is 0.000000830. The molecule has 2 atom stereocenters. The van der Waals surface area contributed by atoms with Crippen LogP contribution in [0.1, 0.15) is 64.5 Å². The molecule has 2 aromatic carbocycles. The van der Waals surface area contributed by atoms with E-state index in [0.29, 0.717) is 46.5 Å². The number of hydrogen-bond acceptors (Lipinski definition) is 4. The number of hydrogen-bond donors (Lipinski definition) is 3. The first-order valence-corrected chi connectivity index (χ1v) is 12.5. The van der Waals surface area contributed by atoms with Gasteiger partial charge in [-0.15, -0.1) is 0 Å². The van der Waals surface area contributed by atoms with Crippen molar-refractivity contribution in [3.63, 3.8) is 0 Å². The molecule has 1 unspecified atom stereocenters. The summed E-state index contributed by atoms with van der Waals surface area (Å²) in [6, 6.07) is 8.62. The minimum absolute atomic E-state index is 0.0248. The zero-order valence-electron chi connectivity index (χ0n) is 21.3. The standard InChI is InChI=1S/C22H22Cl2FN3O3.C5H12/c1-12(17-3-2-4-18(24)20(17)25)21(22(31)28-15-8-16(30)9-15)26-10-13-5-6-14(23)7-19(13)27-11-29;1-5(2,3)4/h2-7,11-12,15,21,26H,8-10H2,1H3,(H,27,29)(H,28,31);1-4H3/t12?,21-;/m1./s1. The third kappa shape index (κ3) is 9.19. The van der Waals surface area contributed by atoms with Crippen molar-refractivity contribution in [3.05, 3.63) is 63.4 Å². The molecule has 2 aromatic rings. The van der Waals surface area contributed by atoms with Gasteiger partial charge in [0.1, 0.15) is 11.6 Å². The molecule has 6 nitrogen and oxygen atoms in total. The second-order valence-corrected chi connectivity index (χ2v) is 11.4. The molecule has 36 heavy (non-hydrogen) atoms. The fourth-order valence-electron chi connectivity index (χ4n) is 3.55. The summed E-state index contributed by atoms with van der Waals surface area (Å²) in [6.07, 6.45) is 1.13. The van der Waals surface area contributed by atoms with Crippen LogP contribution in [0, 0.1) is 11.2 Å². The van der Waals surface area contributed by atoms with Crippen molar-refractivity contribution in [3.8, 4) is 0 Å². The van der Waals surface area contributed by atoms with Gasteiger partial charge in [-0.05, 0) is 34.7 Å². The molecule has 1 aliphatic carbocycles. The summed E-state index contributed by atoms with van der Waals surface area (Å²) in [6.45, 7) is 10.7. The monoisotopic (exact) mass is 537 g/mol. The maximum atomic E-state index is 14.6. The molecule has 1 aliphatic rings. The van der Waals surface area contributed by atoms with E-state index in [1.54, 1.807) is 37.3 Å². The Morgan fingerprint density at radius 3 is 2.39 bits per heavy atom. The van der Waals surface area contributed by atoms with Crippen LogP contribution in [-0.4, -0.2) is 30.2 Å². The molecule has 0 aromatic heterocycles. The molecular formula is C27H34Cl2FN3O3. The lowest BCUT2D eigenvalue weighted by Gasteiger charge is -2.31. The van der Waals surface area contributed by atoms with Crippen LogP contribution in [-0.2, 0) is 20.9 Å². The van der Waals surface area contributed by atoms with E-state index in [9.17, 15) is 18.8 Å². The van der Waals surface area contributed by atoms with Crippen LogP contribution < -0.4 is 16.0 Å². The Morgan fingerprint density at radius 1 is 1.17 bits per heavy atom. The normalized spacial score (nSPS) is 15.2. The molecule has 0 radical (unpaired) electrons. The van der Waals surface area contributed by atoms with Gasteiger partial charge in [0.2, 0.25) is 12.3 Å². The van der Waals surface area contributed by atoms with Crippen molar-refractivity contribution in [2.75, 3.05) is 5.32 Å². The van der Waals surface area contributed by atoms with Crippen LogP contribution in [0.4, 0.5) is 10.1 Å². The number of ketones is 1. The summed E-state index contributed by atoms with van der Waals surface area (Å²) >= 11 is 11.9. The second kappa shape index (κ2) is 13.2. The molecule has 3 N–H and O–H groups in total. The molecule has 0 aliphatic heterocycles. The molecule has 0 saturated heterocycles. The van der Waals surface area contributed by atoms with E-state index in [1.807, 2.05) is 0 Å². The molecular weight excluding hydrogens is 504 g/mol. The van der Waals surface area contributed by atoms with Crippen molar-refractivity contribution in [1.82, 2.24) is 10.6 Å². The maximum Gasteiger partial charge on any atom is 0.238 e. The number of benzene rings is 2. The van der Waals surface area contributed by atoms with E-state index in [2.05, 4.69) is 43.6 Å². The van der Waals surface area contributed by atoms with Gasteiger partial charge in [-0.1, -0.05) is 76.0 Å². The van der Waals surface area contributed by atoms with Crippen LogP contribution in [0.2, 0.25) is 10.0 Å². The van der Waals surface area contributed by atoms with Crippen LogP contribution in [0.15, 0.2) is 36.4 Å². The highest BCUT2D eigenvalue weighted by molar-refractivity contribution is 6.31. The summed E-state index contributed by atoms with van der Waals surface area (Å²) in [4.78, 5) is 35.2. The van der Waals surface area contributed by atoms with Crippen LogP contribution >= 0.6 is 23.2 Å². The highest BCUT2D eigenvalue weighted by Gasteiger charge is 2.33. The van der Waals surface area contributed by atoms with Gasteiger partial charge in [-0.25, -0.2) is 4.39 Å². The number of amides is 2. The Kier molecular flexibility index (Phi) is 10.9. The first-order chi connectivity index (χ1) is 16.8. The second-order valence-electron chi connectivity index (χ2n) is 10.5. The molecule has 9 heteroatoms. The molecule has 0 bridgehead atoms. The minimum atomic E-state index is -0.816. The lowest BCUT2D eigenvalue weighted by Crippen LogP contribution is -2.53. The molecule has 196 valence electrons. The van der Waals surface area contributed by atoms with Gasteiger partial charge in [0.15, 0.2) is 0 Å². The van der Waals surface area contributed by atoms with E-state index < -0.39 is 17.8 Å². The third-order valence-electron chi connectivity index (χ3n) is 5.35. The SMILES string of the molecule is CC(C)(C)C.CC(c1cccc(Cl)c1F)[C@@H](NCc1ccc(Cl)cc1NC=O)C(=O)NC1CC(=O)C1. The summed E-state index contributed by atoms with van der Waals surface area (Å²) < 4.78 is 14.6. The van der Waals surface area contributed by atoms with Crippen molar-refractivity contribution in [1.29, 1.82) is 0 Å². The predicted molar refractivity (Wildman–Crippen MR) is 143 cm³/mol. The summed E-state index contributed by atoms with van der Waals surface area (Å²) in [5.41, 5.74) is 2.00. The Labute approximate surface area is 222 Å². The van der Waals surface area contributed by atoms with Crippen molar-refractivity contribution in [2.24, 2.45) is 5.41 Å². The predicted octanol–water partition coefficient (Wildman–Crippen LogP) is 5.86. The van der Waals surface area contributed by atoms with Gasteiger partial charge in [0, 0.05) is 42.1 Å². The molecule has 3 rings (SSSR count). The summed E-state index contributed by atoms with van der Waals surface area (Å²) in [7, 11) is 0. The average molecular weight is 538 g/mol. The lowest BCUT2D eigenvalue weighted by molar-refractivity contribution is -0.129. The Hall–Kier alpha value is -2.48.